The molecule has 1 heterocycles. The molecule has 1 fully saturated rings. The Balaban J connectivity index is 2.72. The Labute approximate surface area is 66.8 Å². The second-order valence-electron chi connectivity index (χ2n) is 2.51. The van der Waals surface area contributed by atoms with Crippen LogP contribution >= 0.6 is 11.8 Å². The van der Waals surface area contributed by atoms with Gasteiger partial charge in [-0.05, 0) is 23.7 Å². The number of hydrogen-bond acceptors (Lipinski definition) is 2. The second-order valence-corrected chi connectivity index (χ2v) is 3.22. The third-order valence-corrected chi connectivity index (χ3v) is 2.21. The maximum absolute atomic E-state index is 3.98. The first-order valence-electron chi connectivity index (χ1n) is 3.38. The van der Waals surface area contributed by atoms with E-state index in [4.69, 9.17) is 0 Å². The van der Waals surface area contributed by atoms with Crippen LogP contribution in [-0.4, -0.2) is 24.7 Å². The fourth-order valence-electron chi connectivity index (χ4n) is 1.11. The van der Waals surface area contributed by atoms with Gasteiger partial charge in [-0.2, -0.15) is 0 Å². The Morgan fingerprint density at radius 2 is 2.40 bits per heavy atom. The van der Waals surface area contributed by atoms with Gasteiger partial charge < -0.3 is 4.90 Å². The quantitative estimate of drug-likeness (QED) is 0.570. The maximum atomic E-state index is 3.98. The molecule has 0 radical (unpaired) electrons. The summed E-state index contributed by atoms with van der Waals surface area (Å²) in [6.45, 7) is 5.11. The smallest absolute Gasteiger partial charge is 0.0454 e. The van der Waals surface area contributed by atoms with E-state index in [-0.39, 0.29) is 0 Å². The summed E-state index contributed by atoms with van der Waals surface area (Å²) in [7, 11) is 2.11. The van der Waals surface area contributed by atoms with Crippen molar-refractivity contribution < 1.29 is 0 Å². The third-order valence-electron chi connectivity index (χ3n) is 1.75. The van der Waals surface area contributed by atoms with E-state index >= 15 is 0 Å². The van der Waals surface area contributed by atoms with Crippen molar-refractivity contribution in [3.05, 3.63) is 23.3 Å². The molecule has 0 aromatic rings. The summed E-state index contributed by atoms with van der Waals surface area (Å²) >= 11 is 1.74. The number of hydrogen-bond donors (Lipinski definition) is 0. The van der Waals surface area contributed by atoms with Crippen molar-refractivity contribution in [1.29, 1.82) is 0 Å². The van der Waals surface area contributed by atoms with Gasteiger partial charge >= 0.3 is 0 Å². The molecule has 1 nitrogen and oxygen atoms in total. The van der Waals surface area contributed by atoms with Gasteiger partial charge in [-0.3, -0.25) is 0 Å². The molecule has 0 N–H and O–H groups in total. The Morgan fingerprint density at radius 1 is 1.70 bits per heavy atom. The summed E-state index contributed by atoms with van der Waals surface area (Å²) in [5, 5.41) is 2.16. The van der Waals surface area contributed by atoms with Crippen LogP contribution in [0.4, 0.5) is 0 Å². The summed E-state index contributed by atoms with van der Waals surface area (Å²) in [6, 6.07) is 0. The molecule has 2 heteroatoms. The Kier molecular flexibility index (Phi) is 2.44. The summed E-state index contributed by atoms with van der Waals surface area (Å²) < 4.78 is 0. The van der Waals surface area contributed by atoms with E-state index in [1.807, 2.05) is 0 Å². The van der Waals surface area contributed by atoms with Gasteiger partial charge in [-0.15, -0.1) is 11.8 Å². The molecule has 1 aliphatic heterocycles. The van der Waals surface area contributed by atoms with Crippen LogP contribution in [0.3, 0.4) is 0 Å². The molecule has 0 spiro atoms. The third kappa shape index (κ3) is 1.37. The minimum absolute atomic E-state index is 1.13. The second kappa shape index (κ2) is 3.15. The van der Waals surface area contributed by atoms with Gasteiger partial charge in [0.25, 0.3) is 0 Å². The van der Waals surface area contributed by atoms with Crippen molar-refractivity contribution in [1.82, 2.24) is 4.90 Å². The monoisotopic (exact) mass is 155 g/mol. The first kappa shape index (κ1) is 7.73. The van der Waals surface area contributed by atoms with Crippen molar-refractivity contribution in [3.8, 4) is 0 Å². The molecule has 0 aliphatic carbocycles. The highest BCUT2D eigenvalue weighted by atomic mass is 32.2. The maximum Gasteiger partial charge on any atom is 0.0454 e. The predicted molar refractivity (Wildman–Crippen MR) is 48.0 cm³/mol. The van der Waals surface area contributed by atoms with E-state index in [1.165, 1.54) is 11.3 Å². The number of thioether (sulfide) groups is 1. The van der Waals surface area contributed by atoms with Crippen LogP contribution in [0.15, 0.2) is 23.3 Å². The summed E-state index contributed by atoms with van der Waals surface area (Å²) in [6.07, 6.45) is 3.20. The van der Waals surface area contributed by atoms with E-state index in [9.17, 15) is 0 Å². The topological polar surface area (TPSA) is 3.24 Å². The Hall–Kier alpha value is -0.370. The minimum atomic E-state index is 1.13. The van der Waals surface area contributed by atoms with Crippen molar-refractivity contribution in [2.45, 2.75) is 6.42 Å². The molecule has 56 valence electrons. The lowest BCUT2D eigenvalue weighted by molar-refractivity contribution is 0.483. The number of nitrogens with zero attached hydrogens (tertiary/aromatic N) is 1. The van der Waals surface area contributed by atoms with E-state index in [0.717, 1.165) is 13.0 Å². The lowest BCUT2D eigenvalue weighted by Gasteiger charge is -2.11. The summed E-state index contributed by atoms with van der Waals surface area (Å²) in [5.74, 6) is 0. The lowest BCUT2D eigenvalue weighted by atomic mass is 10.2. The highest BCUT2D eigenvalue weighted by Gasteiger charge is 2.15. The molecule has 0 aromatic heterocycles. The lowest BCUT2D eigenvalue weighted by Crippen LogP contribution is -2.09. The van der Waals surface area contributed by atoms with Gasteiger partial charge in [0.05, 0.1) is 0 Å². The highest BCUT2D eigenvalue weighted by Crippen LogP contribution is 2.25. The normalized spacial score (nSPS) is 22.8. The zero-order valence-electron chi connectivity index (χ0n) is 6.55. The minimum Gasteiger partial charge on any atom is -0.374 e. The Morgan fingerprint density at radius 3 is 2.80 bits per heavy atom. The fraction of sp³-hybridized carbons (Fsp3) is 0.500. The van der Waals surface area contributed by atoms with Crippen LogP contribution in [0.2, 0.25) is 0 Å². The van der Waals surface area contributed by atoms with E-state index < -0.39 is 0 Å². The molecule has 0 amide bonds. The number of rotatable bonds is 1. The number of likely N-dealkylation sites (N-methyl/N-ethyl adjacent to an activating group) is 1. The highest BCUT2D eigenvalue weighted by molar-refractivity contribution is 8.01. The largest absolute Gasteiger partial charge is 0.374 e. The van der Waals surface area contributed by atoms with Gasteiger partial charge in [0.2, 0.25) is 0 Å². The first-order valence-corrected chi connectivity index (χ1v) is 4.66. The zero-order chi connectivity index (χ0) is 7.56. The molecule has 0 atom stereocenters. The average Bonchev–Trinajstić information content (AvgIpc) is 2.20. The van der Waals surface area contributed by atoms with Crippen LogP contribution in [0.25, 0.3) is 0 Å². The van der Waals surface area contributed by atoms with Crippen molar-refractivity contribution in [2.24, 2.45) is 0 Å². The fourth-order valence-corrected chi connectivity index (χ4v) is 1.68. The molecule has 0 saturated carbocycles. The van der Waals surface area contributed by atoms with Gasteiger partial charge in [0.1, 0.15) is 0 Å². The summed E-state index contributed by atoms with van der Waals surface area (Å²) in [5.41, 5.74) is 2.59. The van der Waals surface area contributed by atoms with E-state index in [2.05, 4.69) is 30.2 Å². The van der Waals surface area contributed by atoms with Gasteiger partial charge in [-0.1, -0.05) is 6.58 Å². The molecule has 0 bridgehead atoms. The molecular weight excluding hydrogens is 142 g/mol. The average molecular weight is 155 g/mol. The van der Waals surface area contributed by atoms with Crippen LogP contribution < -0.4 is 0 Å². The van der Waals surface area contributed by atoms with E-state index in [0.29, 0.717) is 0 Å². The van der Waals surface area contributed by atoms with Gasteiger partial charge in [0, 0.05) is 19.3 Å². The number of allylic oxidation sites excluding steroid dienone is 1. The van der Waals surface area contributed by atoms with Crippen LogP contribution in [-0.2, 0) is 0 Å². The zero-order valence-corrected chi connectivity index (χ0v) is 7.37. The number of likely N-dealkylation sites (tertiary alicyclic amines) is 1. The molecule has 0 unspecified atom stereocenters. The van der Waals surface area contributed by atoms with E-state index in [1.54, 1.807) is 11.8 Å². The molecule has 0 aromatic carbocycles. The van der Waals surface area contributed by atoms with Gasteiger partial charge in [-0.25, -0.2) is 0 Å². The predicted octanol–water partition coefficient (Wildman–Crippen LogP) is 2.08. The molecule has 10 heavy (non-hydrogen) atoms. The molecule has 1 aliphatic rings. The van der Waals surface area contributed by atoms with Crippen molar-refractivity contribution in [3.63, 3.8) is 0 Å². The van der Waals surface area contributed by atoms with Crippen molar-refractivity contribution in [2.75, 3.05) is 19.8 Å². The standard InChI is InChI=1S/C8H13NS/c1-7-4-5-9(2)8(7)6-10-3/h6H,1,4-5H2,2-3H3/b8-6-. The molecule has 1 saturated heterocycles. The molecular formula is C8H13NS. The SMILES string of the molecule is C=C1CCN(C)/C1=C\SC. The Bertz CT molecular complexity index is 172. The van der Waals surface area contributed by atoms with Crippen LogP contribution in [0.5, 0.6) is 0 Å². The summed E-state index contributed by atoms with van der Waals surface area (Å²) in [4.78, 5) is 2.25. The van der Waals surface area contributed by atoms with Gasteiger partial charge in [0.15, 0.2) is 0 Å². The van der Waals surface area contributed by atoms with Crippen molar-refractivity contribution >= 4 is 11.8 Å². The van der Waals surface area contributed by atoms with Crippen LogP contribution in [0, 0.1) is 0 Å². The first-order chi connectivity index (χ1) is 4.75. The molecule has 1 rings (SSSR count). The van der Waals surface area contributed by atoms with Crippen LogP contribution in [0.1, 0.15) is 6.42 Å².